The summed E-state index contributed by atoms with van der Waals surface area (Å²) in [5.41, 5.74) is 1.20. The predicted molar refractivity (Wildman–Crippen MR) is 93.1 cm³/mol. The highest BCUT2D eigenvalue weighted by Gasteiger charge is 2.29. The van der Waals surface area contributed by atoms with Gasteiger partial charge in [0, 0.05) is 13.1 Å². The number of aryl methyl sites for hydroxylation is 1. The van der Waals surface area contributed by atoms with Gasteiger partial charge in [-0.25, -0.2) is 8.42 Å². The molecule has 1 aromatic rings. The summed E-state index contributed by atoms with van der Waals surface area (Å²) in [5.74, 6) is 0.415. The summed E-state index contributed by atoms with van der Waals surface area (Å²) in [6.45, 7) is 4.26. The van der Waals surface area contributed by atoms with E-state index in [1.54, 1.807) is 16.4 Å². The van der Waals surface area contributed by atoms with Crippen LogP contribution in [0, 0.1) is 5.92 Å². The standard InChI is InChI=1S/C16H26N2O2S.ClH/c1-3-5-14-7-9-16(10-8-14)21(19,20)18-11-4-6-15(13-18)12-17-2;/h7-10,15,17H,3-6,11-13H2,1-2H3;1H. The Balaban J connectivity index is 0.00000242. The van der Waals surface area contributed by atoms with E-state index in [-0.39, 0.29) is 12.4 Å². The van der Waals surface area contributed by atoms with Gasteiger partial charge < -0.3 is 5.32 Å². The molecular formula is C16H27ClN2O2S. The van der Waals surface area contributed by atoms with Crippen molar-refractivity contribution in [2.45, 2.75) is 37.5 Å². The quantitative estimate of drug-likeness (QED) is 0.861. The monoisotopic (exact) mass is 346 g/mol. The minimum atomic E-state index is -3.34. The zero-order chi connectivity index (χ0) is 15.3. The Bertz CT molecular complexity index is 544. The molecule has 1 saturated heterocycles. The number of piperidine rings is 1. The first-order valence-corrected chi connectivity index (χ1v) is 9.25. The van der Waals surface area contributed by atoms with E-state index in [4.69, 9.17) is 0 Å². The summed E-state index contributed by atoms with van der Waals surface area (Å²) in [5, 5.41) is 3.15. The summed E-state index contributed by atoms with van der Waals surface area (Å²) in [6.07, 6.45) is 4.11. The van der Waals surface area contributed by atoms with E-state index in [0.717, 1.165) is 32.2 Å². The van der Waals surface area contributed by atoms with Gasteiger partial charge in [-0.1, -0.05) is 25.5 Å². The second-order valence-corrected chi connectivity index (χ2v) is 7.76. The van der Waals surface area contributed by atoms with Gasteiger partial charge in [0.25, 0.3) is 0 Å². The SMILES string of the molecule is CCCc1ccc(S(=O)(=O)N2CCCC(CNC)C2)cc1.Cl. The van der Waals surface area contributed by atoms with E-state index in [9.17, 15) is 8.42 Å². The fourth-order valence-electron chi connectivity index (χ4n) is 2.97. The first kappa shape index (κ1) is 19.4. The van der Waals surface area contributed by atoms with Crippen LogP contribution >= 0.6 is 12.4 Å². The smallest absolute Gasteiger partial charge is 0.243 e. The zero-order valence-corrected chi connectivity index (χ0v) is 15.0. The van der Waals surface area contributed by atoms with Gasteiger partial charge in [-0.05, 0) is 56.5 Å². The van der Waals surface area contributed by atoms with Crippen LogP contribution in [0.4, 0.5) is 0 Å². The Kier molecular flexibility index (Phi) is 7.83. The summed E-state index contributed by atoms with van der Waals surface area (Å²) in [7, 11) is -1.42. The first-order chi connectivity index (χ1) is 10.1. The summed E-state index contributed by atoms with van der Waals surface area (Å²) in [4.78, 5) is 0.424. The molecule has 0 aromatic heterocycles. The summed E-state index contributed by atoms with van der Waals surface area (Å²) < 4.78 is 27.1. The van der Waals surface area contributed by atoms with Gasteiger partial charge in [-0.15, -0.1) is 12.4 Å². The highest BCUT2D eigenvalue weighted by Crippen LogP contribution is 2.23. The lowest BCUT2D eigenvalue weighted by atomic mass is 10.00. The molecular weight excluding hydrogens is 320 g/mol. The molecule has 0 aliphatic carbocycles. The molecule has 2 rings (SSSR count). The molecule has 1 aliphatic rings. The van der Waals surface area contributed by atoms with E-state index in [0.29, 0.717) is 23.9 Å². The number of sulfonamides is 1. The first-order valence-electron chi connectivity index (χ1n) is 7.81. The van der Waals surface area contributed by atoms with Crippen molar-refractivity contribution in [3.8, 4) is 0 Å². The molecule has 0 saturated carbocycles. The van der Waals surface area contributed by atoms with Crippen LogP contribution in [0.3, 0.4) is 0 Å². The Hall–Kier alpha value is -0.620. The molecule has 4 nitrogen and oxygen atoms in total. The average molecular weight is 347 g/mol. The third-order valence-electron chi connectivity index (χ3n) is 4.07. The molecule has 22 heavy (non-hydrogen) atoms. The van der Waals surface area contributed by atoms with E-state index >= 15 is 0 Å². The van der Waals surface area contributed by atoms with Crippen molar-refractivity contribution in [1.82, 2.24) is 9.62 Å². The number of nitrogens with zero attached hydrogens (tertiary/aromatic N) is 1. The minimum absolute atomic E-state index is 0. The van der Waals surface area contributed by atoms with Crippen LogP contribution in [0.1, 0.15) is 31.7 Å². The lowest BCUT2D eigenvalue weighted by Gasteiger charge is -2.31. The summed E-state index contributed by atoms with van der Waals surface area (Å²) >= 11 is 0. The molecule has 1 heterocycles. The van der Waals surface area contributed by atoms with E-state index in [1.807, 2.05) is 19.2 Å². The van der Waals surface area contributed by atoms with Crippen LogP contribution in [0.15, 0.2) is 29.2 Å². The molecule has 1 aliphatic heterocycles. The van der Waals surface area contributed by atoms with Crippen molar-refractivity contribution >= 4 is 22.4 Å². The molecule has 1 aromatic carbocycles. The maximum absolute atomic E-state index is 12.7. The fraction of sp³-hybridized carbons (Fsp3) is 0.625. The molecule has 1 unspecified atom stereocenters. The van der Waals surface area contributed by atoms with Crippen molar-refractivity contribution in [1.29, 1.82) is 0 Å². The Morgan fingerprint density at radius 2 is 1.95 bits per heavy atom. The Morgan fingerprint density at radius 1 is 1.27 bits per heavy atom. The van der Waals surface area contributed by atoms with Gasteiger partial charge in [0.05, 0.1) is 4.90 Å². The number of halogens is 1. The van der Waals surface area contributed by atoms with Gasteiger partial charge >= 0.3 is 0 Å². The highest BCUT2D eigenvalue weighted by molar-refractivity contribution is 7.89. The fourth-order valence-corrected chi connectivity index (χ4v) is 4.52. The van der Waals surface area contributed by atoms with Gasteiger partial charge in [0.2, 0.25) is 10.0 Å². The van der Waals surface area contributed by atoms with Crippen LogP contribution in [0.5, 0.6) is 0 Å². The van der Waals surface area contributed by atoms with Gasteiger partial charge in [0.1, 0.15) is 0 Å². The maximum atomic E-state index is 12.7. The molecule has 0 amide bonds. The van der Waals surface area contributed by atoms with E-state index in [2.05, 4.69) is 12.2 Å². The van der Waals surface area contributed by atoms with E-state index in [1.165, 1.54) is 5.56 Å². The Labute approximate surface area is 140 Å². The molecule has 0 spiro atoms. The molecule has 1 atom stereocenters. The predicted octanol–water partition coefficient (Wildman–Crippen LogP) is 2.68. The lowest BCUT2D eigenvalue weighted by molar-refractivity contribution is 0.263. The zero-order valence-electron chi connectivity index (χ0n) is 13.4. The van der Waals surface area contributed by atoms with Crippen LogP contribution in [-0.4, -0.2) is 39.4 Å². The number of hydrogen-bond acceptors (Lipinski definition) is 3. The Morgan fingerprint density at radius 3 is 2.55 bits per heavy atom. The number of hydrogen-bond donors (Lipinski definition) is 1. The third-order valence-corrected chi connectivity index (χ3v) is 5.95. The van der Waals surface area contributed by atoms with Crippen LogP contribution in [0.25, 0.3) is 0 Å². The maximum Gasteiger partial charge on any atom is 0.243 e. The second-order valence-electron chi connectivity index (χ2n) is 5.82. The number of nitrogens with one attached hydrogen (secondary N) is 1. The minimum Gasteiger partial charge on any atom is -0.319 e. The lowest BCUT2D eigenvalue weighted by Crippen LogP contribution is -2.42. The molecule has 6 heteroatoms. The average Bonchev–Trinajstić information content (AvgIpc) is 2.49. The van der Waals surface area contributed by atoms with Crippen LogP contribution in [0.2, 0.25) is 0 Å². The molecule has 1 N–H and O–H groups in total. The number of rotatable bonds is 6. The third kappa shape index (κ3) is 4.69. The highest BCUT2D eigenvalue weighted by atomic mass is 35.5. The van der Waals surface area contributed by atoms with Crippen molar-refractivity contribution < 1.29 is 8.42 Å². The van der Waals surface area contributed by atoms with Crippen molar-refractivity contribution in [2.75, 3.05) is 26.7 Å². The van der Waals surface area contributed by atoms with Gasteiger partial charge in [0.15, 0.2) is 0 Å². The van der Waals surface area contributed by atoms with Crippen molar-refractivity contribution in [3.63, 3.8) is 0 Å². The van der Waals surface area contributed by atoms with Crippen molar-refractivity contribution in [2.24, 2.45) is 5.92 Å². The van der Waals surface area contributed by atoms with Gasteiger partial charge in [-0.2, -0.15) is 4.31 Å². The summed E-state index contributed by atoms with van der Waals surface area (Å²) in [6, 6.07) is 7.38. The normalized spacial score (nSPS) is 19.6. The van der Waals surface area contributed by atoms with Crippen LogP contribution < -0.4 is 5.32 Å². The molecule has 126 valence electrons. The number of benzene rings is 1. The molecule has 1 fully saturated rings. The molecule has 0 radical (unpaired) electrons. The molecule has 0 bridgehead atoms. The van der Waals surface area contributed by atoms with Crippen LogP contribution in [-0.2, 0) is 16.4 Å². The van der Waals surface area contributed by atoms with Gasteiger partial charge in [-0.3, -0.25) is 0 Å². The largest absolute Gasteiger partial charge is 0.319 e. The topological polar surface area (TPSA) is 49.4 Å². The van der Waals surface area contributed by atoms with Crippen molar-refractivity contribution in [3.05, 3.63) is 29.8 Å². The second kappa shape index (κ2) is 8.87. The van der Waals surface area contributed by atoms with E-state index < -0.39 is 10.0 Å².